The summed E-state index contributed by atoms with van der Waals surface area (Å²) < 4.78 is 10.3. The van der Waals surface area contributed by atoms with Crippen LogP contribution in [0.15, 0.2) is 24.3 Å². The fourth-order valence-corrected chi connectivity index (χ4v) is 2.48. The molecule has 1 heterocycles. The van der Waals surface area contributed by atoms with Gasteiger partial charge in [0.15, 0.2) is 0 Å². The monoisotopic (exact) mass is 249 g/mol. The van der Waals surface area contributed by atoms with Gasteiger partial charge in [-0.1, -0.05) is 18.2 Å². The van der Waals surface area contributed by atoms with Crippen molar-refractivity contribution in [2.45, 2.75) is 18.9 Å². The number of hydrogen-bond donors (Lipinski definition) is 0. The molecular weight excluding hydrogens is 230 g/mol. The van der Waals surface area contributed by atoms with Crippen molar-refractivity contribution >= 4 is 5.97 Å². The molecule has 0 aromatic heterocycles. The molecule has 0 saturated carbocycles. The average Bonchev–Trinajstić information content (AvgIpc) is 2.93. The van der Waals surface area contributed by atoms with Crippen molar-refractivity contribution in [3.8, 4) is 5.75 Å². The highest BCUT2D eigenvalue weighted by Crippen LogP contribution is 2.32. The number of rotatable bonds is 4. The van der Waals surface area contributed by atoms with Gasteiger partial charge in [-0.3, -0.25) is 4.90 Å². The Bertz CT molecular complexity index is 413. The smallest absolute Gasteiger partial charge is 0.327 e. The van der Waals surface area contributed by atoms with Crippen LogP contribution in [0.1, 0.15) is 24.4 Å². The molecule has 18 heavy (non-hydrogen) atoms. The number of nitrogens with zero attached hydrogens (tertiary/aromatic N) is 1. The summed E-state index contributed by atoms with van der Waals surface area (Å²) in [5.41, 5.74) is 0.883. The average molecular weight is 249 g/mol. The Hall–Kier alpha value is -1.55. The number of benzene rings is 1. The first kappa shape index (κ1) is 12.9. The summed E-state index contributed by atoms with van der Waals surface area (Å²) in [5.74, 6) is 0.515. The first-order valence-electron chi connectivity index (χ1n) is 6.22. The first-order chi connectivity index (χ1) is 8.77. The lowest BCUT2D eigenvalue weighted by atomic mass is 10.0. The van der Waals surface area contributed by atoms with Crippen LogP contribution >= 0.6 is 0 Å². The van der Waals surface area contributed by atoms with Gasteiger partial charge in [0.25, 0.3) is 0 Å². The van der Waals surface area contributed by atoms with Gasteiger partial charge in [-0.15, -0.1) is 0 Å². The minimum atomic E-state index is -0.353. The number of esters is 1. The summed E-state index contributed by atoms with van der Waals surface area (Å²) >= 11 is 0. The minimum absolute atomic E-state index is 0.221. The van der Waals surface area contributed by atoms with Crippen LogP contribution in [0.4, 0.5) is 0 Å². The third-order valence-electron chi connectivity index (χ3n) is 3.36. The summed E-state index contributed by atoms with van der Waals surface area (Å²) in [6, 6.07) is 7.28. The Balaban J connectivity index is 2.35. The molecule has 4 nitrogen and oxygen atoms in total. The van der Waals surface area contributed by atoms with E-state index < -0.39 is 0 Å². The van der Waals surface area contributed by atoms with Crippen LogP contribution in [0.2, 0.25) is 0 Å². The fraction of sp³-hybridized carbons (Fsp3) is 0.500. The maximum Gasteiger partial charge on any atom is 0.327 e. The fourth-order valence-electron chi connectivity index (χ4n) is 2.48. The van der Waals surface area contributed by atoms with E-state index in [-0.39, 0.29) is 12.0 Å². The van der Waals surface area contributed by atoms with E-state index in [2.05, 4.69) is 4.90 Å². The Morgan fingerprint density at radius 3 is 2.50 bits per heavy atom. The van der Waals surface area contributed by atoms with Gasteiger partial charge in [0.2, 0.25) is 0 Å². The van der Waals surface area contributed by atoms with E-state index in [1.165, 1.54) is 7.11 Å². The molecule has 1 aromatic rings. The first-order valence-corrected chi connectivity index (χ1v) is 6.22. The number of para-hydroxylation sites is 1. The van der Waals surface area contributed by atoms with E-state index in [4.69, 9.17) is 9.47 Å². The zero-order valence-corrected chi connectivity index (χ0v) is 10.9. The predicted molar refractivity (Wildman–Crippen MR) is 68.6 cm³/mol. The molecule has 0 bridgehead atoms. The number of carbonyl (C=O) groups excluding carboxylic acids is 1. The van der Waals surface area contributed by atoms with E-state index in [1.54, 1.807) is 7.11 Å². The maximum atomic E-state index is 12.0. The Labute approximate surface area is 107 Å². The van der Waals surface area contributed by atoms with Crippen LogP contribution in [0.25, 0.3) is 0 Å². The molecule has 0 N–H and O–H groups in total. The summed E-state index contributed by atoms with van der Waals surface area (Å²) in [6.07, 6.45) is 2.26. The number of hydrogen-bond acceptors (Lipinski definition) is 4. The van der Waals surface area contributed by atoms with E-state index in [0.29, 0.717) is 0 Å². The van der Waals surface area contributed by atoms with E-state index in [9.17, 15) is 4.79 Å². The molecule has 1 fully saturated rings. The highest BCUT2D eigenvalue weighted by atomic mass is 16.5. The van der Waals surface area contributed by atoms with Crippen molar-refractivity contribution in [2.24, 2.45) is 0 Å². The molecule has 4 heteroatoms. The second-order valence-electron chi connectivity index (χ2n) is 4.41. The van der Waals surface area contributed by atoms with Crippen molar-refractivity contribution in [3.05, 3.63) is 29.8 Å². The van der Waals surface area contributed by atoms with Crippen LogP contribution in [0.3, 0.4) is 0 Å². The SMILES string of the molecule is COC(=O)C(c1ccccc1OC)N1CCCC1. The highest BCUT2D eigenvalue weighted by molar-refractivity contribution is 5.78. The number of carbonyl (C=O) groups is 1. The van der Waals surface area contributed by atoms with Crippen LogP contribution in [0.5, 0.6) is 5.75 Å². The molecule has 2 rings (SSSR count). The van der Waals surface area contributed by atoms with Gasteiger partial charge < -0.3 is 9.47 Å². The van der Waals surface area contributed by atoms with E-state index in [1.807, 2.05) is 24.3 Å². The number of likely N-dealkylation sites (tertiary alicyclic amines) is 1. The zero-order valence-electron chi connectivity index (χ0n) is 10.9. The second kappa shape index (κ2) is 5.87. The second-order valence-corrected chi connectivity index (χ2v) is 4.41. The molecule has 1 aromatic carbocycles. The largest absolute Gasteiger partial charge is 0.496 e. The third kappa shape index (κ3) is 2.48. The Morgan fingerprint density at radius 1 is 1.22 bits per heavy atom. The number of methoxy groups -OCH3 is 2. The molecule has 0 spiro atoms. The predicted octanol–water partition coefficient (Wildman–Crippen LogP) is 2.01. The summed E-state index contributed by atoms with van der Waals surface area (Å²) in [5, 5.41) is 0. The maximum absolute atomic E-state index is 12.0. The van der Waals surface area contributed by atoms with Gasteiger partial charge in [-0.25, -0.2) is 4.79 Å². The summed E-state index contributed by atoms with van der Waals surface area (Å²) in [4.78, 5) is 14.2. The van der Waals surface area contributed by atoms with Crippen LogP contribution in [-0.2, 0) is 9.53 Å². The van der Waals surface area contributed by atoms with Gasteiger partial charge >= 0.3 is 5.97 Å². The highest BCUT2D eigenvalue weighted by Gasteiger charge is 2.32. The van der Waals surface area contributed by atoms with Gasteiger partial charge in [0.05, 0.1) is 14.2 Å². The molecule has 1 aliphatic rings. The lowest BCUT2D eigenvalue weighted by Gasteiger charge is -2.26. The third-order valence-corrected chi connectivity index (χ3v) is 3.36. The van der Waals surface area contributed by atoms with Crippen molar-refractivity contribution in [1.82, 2.24) is 4.90 Å². The Kier molecular flexibility index (Phi) is 4.20. The Morgan fingerprint density at radius 2 is 1.89 bits per heavy atom. The van der Waals surface area contributed by atoms with E-state index in [0.717, 1.165) is 37.2 Å². The molecule has 0 radical (unpaired) electrons. The van der Waals surface area contributed by atoms with E-state index >= 15 is 0 Å². The van der Waals surface area contributed by atoms with Crippen LogP contribution in [0, 0.1) is 0 Å². The lowest BCUT2D eigenvalue weighted by molar-refractivity contribution is -0.147. The molecule has 1 saturated heterocycles. The zero-order chi connectivity index (χ0) is 13.0. The minimum Gasteiger partial charge on any atom is -0.496 e. The van der Waals surface area contributed by atoms with Crippen LogP contribution < -0.4 is 4.74 Å². The van der Waals surface area contributed by atoms with Crippen LogP contribution in [-0.4, -0.2) is 38.2 Å². The topological polar surface area (TPSA) is 38.8 Å². The molecule has 1 aliphatic heterocycles. The molecule has 1 atom stereocenters. The van der Waals surface area contributed by atoms with Gasteiger partial charge in [-0.05, 0) is 32.0 Å². The molecule has 98 valence electrons. The van der Waals surface area contributed by atoms with Crippen molar-refractivity contribution in [1.29, 1.82) is 0 Å². The van der Waals surface area contributed by atoms with Gasteiger partial charge in [0, 0.05) is 5.56 Å². The van der Waals surface area contributed by atoms with Crippen molar-refractivity contribution in [2.75, 3.05) is 27.3 Å². The van der Waals surface area contributed by atoms with Gasteiger partial charge in [0.1, 0.15) is 11.8 Å². The lowest BCUT2D eigenvalue weighted by Crippen LogP contribution is -2.32. The number of ether oxygens (including phenoxy) is 2. The summed E-state index contributed by atoms with van der Waals surface area (Å²) in [6.45, 7) is 1.86. The quantitative estimate of drug-likeness (QED) is 0.765. The molecular formula is C14H19NO3. The normalized spacial score (nSPS) is 17.4. The van der Waals surface area contributed by atoms with Gasteiger partial charge in [-0.2, -0.15) is 0 Å². The molecule has 1 unspecified atom stereocenters. The summed E-state index contributed by atoms with van der Waals surface area (Å²) in [7, 11) is 3.05. The van der Waals surface area contributed by atoms with Crippen molar-refractivity contribution in [3.63, 3.8) is 0 Å². The standard InChI is InChI=1S/C14H19NO3/c1-17-12-8-4-3-7-11(12)13(14(16)18-2)15-9-5-6-10-15/h3-4,7-8,13H,5-6,9-10H2,1-2H3. The molecule has 0 amide bonds. The molecule has 0 aliphatic carbocycles. The van der Waals surface area contributed by atoms with Crippen molar-refractivity contribution < 1.29 is 14.3 Å².